The lowest BCUT2D eigenvalue weighted by molar-refractivity contribution is -0.133. The normalized spacial score (nSPS) is 20.7. The molecule has 1 aliphatic carbocycles. The smallest absolute Gasteiger partial charge is 0.240 e. The Kier molecular flexibility index (Phi) is 5.27. The zero-order chi connectivity index (χ0) is 17.3. The number of aryl methyl sites for hydroxylation is 2. The van der Waals surface area contributed by atoms with Crippen molar-refractivity contribution in [2.75, 3.05) is 19.3 Å². The minimum absolute atomic E-state index is 0.141. The molecular weight excluding hydrogens is 346 g/mol. The Morgan fingerprint density at radius 1 is 1.29 bits per heavy atom. The first-order valence-corrected chi connectivity index (χ1v) is 11.3. The van der Waals surface area contributed by atoms with Gasteiger partial charge in [-0.2, -0.15) is 0 Å². The Bertz CT molecular complexity index is 683. The maximum absolute atomic E-state index is 12.4. The van der Waals surface area contributed by atoms with Gasteiger partial charge < -0.3 is 4.90 Å². The molecule has 2 heterocycles. The highest BCUT2D eigenvalue weighted by Gasteiger charge is 2.29. The Labute approximate surface area is 147 Å². The Morgan fingerprint density at radius 3 is 2.58 bits per heavy atom. The largest absolute Gasteiger partial charge is 0.341 e. The minimum atomic E-state index is -3.37. The Morgan fingerprint density at radius 2 is 1.96 bits per heavy atom. The van der Waals surface area contributed by atoms with Gasteiger partial charge in [0.1, 0.15) is 0 Å². The number of nitrogens with one attached hydrogen (secondary N) is 1. The number of aromatic nitrogens is 1. The molecule has 1 saturated heterocycles. The fourth-order valence-electron chi connectivity index (χ4n) is 3.54. The van der Waals surface area contributed by atoms with Crippen molar-refractivity contribution in [1.82, 2.24) is 14.6 Å². The second-order valence-corrected chi connectivity index (χ2v) is 9.74. The van der Waals surface area contributed by atoms with E-state index in [9.17, 15) is 13.2 Å². The molecule has 0 aromatic carbocycles. The highest BCUT2D eigenvalue weighted by molar-refractivity contribution is 7.88. The quantitative estimate of drug-likeness (QED) is 0.873. The zero-order valence-corrected chi connectivity index (χ0v) is 15.9. The van der Waals surface area contributed by atoms with Gasteiger partial charge in [-0.1, -0.05) is 0 Å². The predicted molar refractivity (Wildman–Crippen MR) is 94.8 cm³/mol. The molecule has 0 spiro atoms. The molecular formula is C16H25N3O3S2. The summed E-state index contributed by atoms with van der Waals surface area (Å²) in [6.07, 6.45) is 7.68. The van der Waals surface area contributed by atoms with Crippen LogP contribution in [-0.4, -0.2) is 49.6 Å². The van der Waals surface area contributed by atoms with E-state index in [0.29, 0.717) is 19.0 Å². The van der Waals surface area contributed by atoms with Crippen LogP contribution in [0, 0.1) is 0 Å². The van der Waals surface area contributed by atoms with Gasteiger partial charge in [0.2, 0.25) is 15.9 Å². The van der Waals surface area contributed by atoms with Crippen molar-refractivity contribution < 1.29 is 13.2 Å². The summed E-state index contributed by atoms with van der Waals surface area (Å²) >= 11 is 1.86. The SMILES string of the molecule is C[C@H](NS(C)(=O)=O)C(=O)N1CCC(c2nc3c(s2)CCCC3)CC1. The first kappa shape index (κ1) is 17.8. The number of thiazole rings is 1. The van der Waals surface area contributed by atoms with Gasteiger partial charge in [0.25, 0.3) is 0 Å². The number of carbonyl (C=O) groups excluding carboxylic acids is 1. The van der Waals surface area contributed by atoms with E-state index in [1.165, 1.54) is 34.8 Å². The first-order valence-electron chi connectivity index (χ1n) is 8.58. The lowest BCUT2D eigenvalue weighted by Crippen LogP contribution is -2.48. The molecule has 0 bridgehead atoms. The molecule has 0 saturated carbocycles. The summed E-state index contributed by atoms with van der Waals surface area (Å²) in [7, 11) is -3.37. The van der Waals surface area contributed by atoms with Gasteiger partial charge in [-0.05, 0) is 45.4 Å². The van der Waals surface area contributed by atoms with E-state index in [2.05, 4.69) is 4.72 Å². The second kappa shape index (κ2) is 7.09. The Balaban J connectivity index is 1.57. The summed E-state index contributed by atoms with van der Waals surface area (Å²) in [4.78, 5) is 20.4. The molecule has 6 nitrogen and oxygen atoms in total. The fraction of sp³-hybridized carbons (Fsp3) is 0.750. The summed E-state index contributed by atoms with van der Waals surface area (Å²) in [6, 6.07) is -0.705. The van der Waals surface area contributed by atoms with Gasteiger partial charge in [0, 0.05) is 23.9 Å². The van der Waals surface area contributed by atoms with Crippen LogP contribution in [0.25, 0.3) is 0 Å². The fourth-order valence-corrected chi connectivity index (χ4v) is 5.60. The van der Waals surface area contributed by atoms with Crippen LogP contribution in [0.3, 0.4) is 0 Å². The number of amides is 1. The summed E-state index contributed by atoms with van der Waals surface area (Å²) < 4.78 is 24.9. The van der Waals surface area contributed by atoms with Crippen molar-refractivity contribution in [2.24, 2.45) is 0 Å². The minimum Gasteiger partial charge on any atom is -0.341 e. The highest BCUT2D eigenvalue weighted by atomic mass is 32.2. The molecule has 1 fully saturated rings. The third-order valence-electron chi connectivity index (χ3n) is 4.78. The van der Waals surface area contributed by atoms with E-state index < -0.39 is 16.1 Å². The molecule has 2 aliphatic rings. The lowest BCUT2D eigenvalue weighted by Gasteiger charge is -2.32. The molecule has 1 amide bonds. The molecule has 24 heavy (non-hydrogen) atoms. The molecule has 134 valence electrons. The number of hydrogen-bond acceptors (Lipinski definition) is 5. The van der Waals surface area contributed by atoms with Crippen molar-refractivity contribution in [2.45, 2.75) is 57.4 Å². The van der Waals surface area contributed by atoms with Gasteiger partial charge in [0.15, 0.2) is 0 Å². The third-order valence-corrected chi connectivity index (χ3v) is 6.88. The molecule has 1 N–H and O–H groups in total. The summed E-state index contributed by atoms with van der Waals surface area (Å²) in [5, 5.41) is 1.23. The summed E-state index contributed by atoms with van der Waals surface area (Å²) in [5.74, 6) is 0.292. The second-order valence-electron chi connectivity index (χ2n) is 6.84. The van der Waals surface area contributed by atoms with Gasteiger partial charge in [-0.25, -0.2) is 18.1 Å². The van der Waals surface area contributed by atoms with Gasteiger partial charge in [-0.3, -0.25) is 4.79 Å². The van der Waals surface area contributed by atoms with Gasteiger partial charge in [0.05, 0.1) is 23.0 Å². The number of carbonyl (C=O) groups is 1. The van der Waals surface area contributed by atoms with Crippen LogP contribution in [0.15, 0.2) is 0 Å². The number of likely N-dealkylation sites (tertiary alicyclic amines) is 1. The lowest BCUT2D eigenvalue weighted by atomic mass is 9.97. The maximum atomic E-state index is 12.4. The topological polar surface area (TPSA) is 79.4 Å². The molecule has 8 heteroatoms. The number of fused-ring (bicyclic) bond motifs is 1. The van der Waals surface area contributed by atoms with Crippen LogP contribution >= 0.6 is 11.3 Å². The van der Waals surface area contributed by atoms with E-state index in [-0.39, 0.29) is 5.91 Å². The zero-order valence-electron chi connectivity index (χ0n) is 14.2. The number of sulfonamides is 1. The van der Waals surface area contributed by atoms with Crippen LogP contribution in [0.2, 0.25) is 0 Å². The Hall–Kier alpha value is -0.990. The standard InChI is InChI=1S/C16H25N3O3S2/c1-11(18-24(2,21)22)16(20)19-9-7-12(8-10-19)15-17-13-5-3-4-6-14(13)23-15/h11-12,18H,3-10H2,1-2H3/t11-/m0/s1. The van der Waals surface area contributed by atoms with Crippen molar-refractivity contribution in [3.8, 4) is 0 Å². The number of hydrogen-bond donors (Lipinski definition) is 1. The van der Waals surface area contributed by atoms with Crippen LogP contribution in [0.4, 0.5) is 0 Å². The van der Waals surface area contributed by atoms with Crippen LogP contribution in [0.1, 0.15) is 54.1 Å². The monoisotopic (exact) mass is 371 g/mol. The van der Waals surface area contributed by atoms with Crippen molar-refractivity contribution in [1.29, 1.82) is 0 Å². The van der Waals surface area contributed by atoms with Crippen LogP contribution < -0.4 is 4.72 Å². The van der Waals surface area contributed by atoms with E-state index in [1.54, 1.807) is 11.8 Å². The van der Waals surface area contributed by atoms with Crippen molar-refractivity contribution in [3.05, 3.63) is 15.6 Å². The molecule has 1 atom stereocenters. The third kappa shape index (κ3) is 4.15. The molecule has 3 rings (SSSR count). The summed E-state index contributed by atoms with van der Waals surface area (Å²) in [5.41, 5.74) is 1.30. The molecule has 0 unspecified atom stereocenters. The van der Waals surface area contributed by atoms with E-state index >= 15 is 0 Å². The number of rotatable bonds is 4. The predicted octanol–water partition coefficient (Wildman–Crippen LogP) is 1.67. The maximum Gasteiger partial charge on any atom is 0.240 e. The highest BCUT2D eigenvalue weighted by Crippen LogP contribution is 2.35. The number of piperidine rings is 1. The molecule has 1 aliphatic heterocycles. The first-order chi connectivity index (χ1) is 11.3. The van der Waals surface area contributed by atoms with Gasteiger partial charge >= 0.3 is 0 Å². The van der Waals surface area contributed by atoms with E-state index in [4.69, 9.17) is 4.98 Å². The summed E-state index contributed by atoms with van der Waals surface area (Å²) in [6.45, 7) is 2.94. The van der Waals surface area contributed by atoms with Crippen LogP contribution in [-0.2, 0) is 27.7 Å². The van der Waals surface area contributed by atoms with Crippen LogP contribution in [0.5, 0.6) is 0 Å². The average molecular weight is 372 g/mol. The van der Waals surface area contributed by atoms with Crippen molar-refractivity contribution >= 4 is 27.3 Å². The van der Waals surface area contributed by atoms with E-state index in [0.717, 1.165) is 25.5 Å². The van der Waals surface area contributed by atoms with E-state index in [1.807, 2.05) is 11.3 Å². The average Bonchev–Trinajstić information content (AvgIpc) is 2.96. The van der Waals surface area contributed by atoms with Gasteiger partial charge in [-0.15, -0.1) is 11.3 Å². The molecule has 0 radical (unpaired) electrons. The molecule has 1 aromatic rings. The van der Waals surface area contributed by atoms with Crippen molar-refractivity contribution in [3.63, 3.8) is 0 Å². The molecule has 1 aromatic heterocycles. The number of nitrogens with zero attached hydrogens (tertiary/aromatic N) is 2.